The molecule has 0 aliphatic carbocycles. The fourth-order valence-electron chi connectivity index (χ4n) is 3.53. The number of para-hydroxylation sites is 2. The molecule has 0 aliphatic rings. The van der Waals surface area contributed by atoms with Crippen molar-refractivity contribution >= 4 is 52.0 Å². The van der Waals surface area contributed by atoms with E-state index in [0.29, 0.717) is 21.4 Å². The Labute approximate surface area is 200 Å². The van der Waals surface area contributed by atoms with Crippen molar-refractivity contribution in [1.29, 1.82) is 0 Å². The molecule has 0 saturated carbocycles. The van der Waals surface area contributed by atoms with E-state index in [1.54, 1.807) is 31.2 Å². The van der Waals surface area contributed by atoms with Gasteiger partial charge in [-0.05, 0) is 74.4 Å². The number of carbonyl (C=O) groups excluding carboxylic acids is 1. The number of nitrogens with zero attached hydrogens (tertiary/aromatic N) is 2. The van der Waals surface area contributed by atoms with Gasteiger partial charge < -0.3 is 10.4 Å². The predicted molar refractivity (Wildman–Crippen MR) is 133 cm³/mol. The molecule has 8 heteroatoms. The molecule has 0 spiro atoms. The summed E-state index contributed by atoms with van der Waals surface area (Å²) in [5, 5.41) is 12.9. The predicted octanol–water partition coefficient (Wildman–Crippen LogP) is 6.11. The van der Waals surface area contributed by atoms with Crippen molar-refractivity contribution < 1.29 is 14.7 Å². The molecule has 0 aliphatic heterocycles. The van der Waals surface area contributed by atoms with Gasteiger partial charge in [0.15, 0.2) is 5.16 Å². The number of amides is 1. The number of aromatic nitrogens is 2. The summed E-state index contributed by atoms with van der Waals surface area (Å²) in [6, 6.07) is 18.3. The number of hydrogen-bond acceptors (Lipinski definition) is 4. The zero-order valence-electron chi connectivity index (χ0n) is 18.3. The maximum atomic E-state index is 12.9. The first kappa shape index (κ1) is 22.9. The zero-order valence-corrected chi connectivity index (χ0v) is 19.9. The molecule has 2 N–H and O–H groups in total. The fourth-order valence-corrected chi connectivity index (χ4v) is 4.75. The van der Waals surface area contributed by atoms with Gasteiger partial charge in [-0.3, -0.25) is 9.36 Å². The number of imidazole rings is 1. The molecular formula is C25H22ClN3O3S. The van der Waals surface area contributed by atoms with Gasteiger partial charge in [0.05, 0.1) is 32.6 Å². The molecule has 33 heavy (non-hydrogen) atoms. The van der Waals surface area contributed by atoms with E-state index in [4.69, 9.17) is 16.6 Å². The Kier molecular flexibility index (Phi) is 6.44. The largest absolute Gasteiger partial charge is 0.478 e. The fraction of sp³-hybridized carbons (Fsp3) is 0.160. The first-order chi connectivity index (χ1) is 15.7. The van der Waals surface area contributed by atoms with E-state index in [1.165, 1.54) is 11.8 Å². The molecule has 6 nitrogen and oxygen atoms in total. The van der Waals surface area contributed by atoms with Crippen molar-refractivity contribution in [3.63, 3.8) is 0 Å². The average Bonchev–Trinajstić information content (AvgIpc) is 3.13. The molecule has 168 valence electrons. The van der Waals surface area contributed by atoms with Crippen LogP contribution < -0.4 is 5.32 Å². The number of carboxylic acid groups (broad SMARTS) is 1. The number of aryl methyl sites for hydroxylation is 2. The van der Waals surface area contributed by atoms with Crippen molar-refractivity contribution in [3.8, 4) is 5.69 Å². The Morgan fingerprint density at radius 2 is 1.85 bits per heavy atom. The number of anilines is 1. The third-order valence-corrected chi connectivity index (χ3v) is 6.63. The third-order valence-electron chi connectivity index (χ3n) is 5.26. The van der Waals surface area contributed by atoms with Crippen molar-refractivity contribution in [2.45, 2.75) is 31.2 Å². The van der Waals surface area contributed by atoms with Crippen molar-refractivity contribution in [3.05, 3.63) is 82.4 Å². The van der Waals surface area contributed by atoms with Gasteiger partial charge in [-0.2, -0.15) is 0 Å². The lowest BCUT2D eigenvalue weighted by molar-refractivity contribution is -0.115. The van der Waals surface area contributed by atoms with Gasteiger partial charge >= 0.3 is 5.97 Å². The molecule has 0 saturated heterocycles. The molecule has 1 heterocycles. The first-order valence-electron chi connectivity index (χ1n) is 10.3. The summed E-state index contributed by atoms with van der Waals surface area (Å²) in [6.07, 6.45) is 0. The van der Waals surface area contributed by atoms with Gasteiger partial charge in [-0.25, -0.2) is 9.78 Å². The summed E-state index contributed by atoms with van der Waals surface area (Å²) in [5.74, 6) is -1.16. The Hall–Kier alpha value is -3.29. The molecule has 3 aromatic carbocycles. The normalized spacial score (nSPS) is 12.0. The lowest BCUT2D eigenvalue weighted by atomic mass is 10.1. The van der Waals surface area contributed by atoms with E-state index >= 15 is 0 Å². The molecule has 0 radical (unpaired) electrons. The minimum atomic E-state index is -0.968. The maximum Gasteiger partial charge on any atom is 0.335 e. The second kappa shape index (κ2) is 9.29. The van der Waals surface area contributed by atoms with Gasteiger partial charge in [0.25, 0.3) is 0 Å². The van der Waals surface area contributed by atoms with E-state index < -0.39 is 11.2 Å². The molecule has 0 fully saturated rings. The van der Waals surface area contributed by atoms with Crippen LogP contribution in [0.5, 0.6) is 0 Å². The van der Waals surface area contributed by atoms with Gasteiger partial charge in [-0.1, -0.05) is 41.6 Å². The smallest absolute Gasteiger partial charge is 0.335 e. The number of aromatic carboxylic acids is 1. The number of rotatable bonds is 6. The Morgan fingerprint density at radius 3 is 2.55 bits per heavy atom. The summed E-state index contributed by atoms with van der Waals surface area (Å²) >= 11 is 7.59. The van der Waals surface area contributed by atoms with Crippen LogP contribution in [0.2, 0.25) is 5.02 Å². The van der Waals surface area contributed by atoms with Crippen LogP contribution >= 0.6 is 23.4 Å². The van der Waals surface area contributed by atoms with Crippen LogP contribution in [0.3, 0.4) is 0 Å². The Morgan fingerprint density at radius 1 is 1.09 bits per heavy atom. The van der Waals surface area contributed by atoms with Gasteiger partial charge in [0.1, 0.15) is 0 Å². The van der Waals surface area contributed by atoms with Crippen molar-refractivity contribution in [1.82, 2.24) is 9.55 Å². The number of carbonyl (C=O) groups is 2. The monoisotopic (exact) mass is 479 g/mol. The highest BCUT2D eigenvalue weighted by molar-refractivity contribution is 8.00. The molecule has 1 amide bonds. The van der Waals surface area contributed by atoms with Crippen LogP contribution in [0, 0.1) is 13.8 Å². The van der Waals surface area contributed by atoms with E-state index in [1.807, 2.05) is 54.8 Å². The number of thioether (sulfide) groups is 1. The van der Waals surface area contributed by atoms with Gasteiger partial charge in [0, 0.05) is 5.69 Å². The molecule has 1 unspecified atom stereocenters. The van der Waals surface area contributed by atoms with Gasteiger partial charge in [-0.15, -0.1) is 0 Å². The van der Waals surface area contributed by atoms with Crippen LogP contribution in [0.1, 0.15) is 28.4 Å². The minimum Gasteiger partial charge on any atom is -0.478 e. The maximum absolute atomic E-state index is 12.9. The van der Waals surface area contributed by atoms with Crippen LogP contribution in [-0.2, 0) is 4.79 Å². The summed E-state index contributed by atoms with van der Waals surface area (Å²) in [6.45, 7) is 5.51. The lowest BCUT2D eigenvalue weighted by Gasteiger charge is -2.15. The minimum absolute atomic E-state index is 0.193. The number of nitrogens with one attached hydrogen (secondary N) is 1. The standard InChI is InChI=1S/C25H22ClN3O3S/c1-14-8-11-20(19(26)12-14)27-23(30)16(3)33-25-28-21-6-4-5-7-22(21)29(25)17-9-10-18(24(31)32)15(2)13-17/h4-13,16H,1-3H3,(H,27,30)(H,31,32). The van der Waals surface area contributed by atoms with Crippen molar-refractivity contribution in [2.75, 3.05) is 5.32 Å². The van der Waals surface area contributed by atoms with E-state index in [-0.39, 0.29) is 11.5 Å². The molecule has 0 bridgehead atoms. The molecule has 4 rings (SSSR count). The second-order valence-electron chi connectivity index (χ2n) is 7.76. The quantitative estimate of drug-likeness (QED) is 0.326. The molecular weight excluding hydrogens is 458 g/mol. The topological polar surface area (TPSA) is 84.2 Å². The summed E-state index contributed by atoms with van der Waals surface area (Å²) in [4.78, 5) is 29.1. The number of carboxylic acids is 1. The molecule has 4 aromatic rings. The lowest BCUT2D eigenvalue weighted by Crippen LogP contribution is -2.23. The highest BCUT2D eigenvalue weighted by Gasteiger charge is 2.21. The summed E-state index contributed by atoms with van der Waals surface area (Å²) in [5.41, 5.74) is 4.91. The van der Waals surface area contributed by atoms with Gasteiger partial charge in [0.2, 0.25) is 5.91 Å². The molecule has 1 aromatic heterocycles. The Bertz CT molecular complexity index is 1380. The average molecular weight is 480 g/mol. The van der Waals surface area contributed by atoms with Crippen LogP contribution in [0.15, 0.2) is 65.8 Å². The Balaban J connectivity index is 1.67. The van der Waals surface area contributed by atoms with Crippen LogP contribution in [0.25, 0.3) is 16.7 Å². The van der Waals surface area contributed by atoms with Crippen LogP contribution in [-0.4, -0.2) is 31.8 Å². The zero-order chi connectivity index (χ0) is 23.7. The van der Waals surface area contributed by atoms with E-state index in [2.05, 4.69) is 5.32 Å². The highest BCUT2D eigenvalue weighted by Crippen LogP contribution is 2.32. The summed E-state index contributed by atoms with van der Waals surface area (Å²) in [7, 11) is 0. The highest BCUT2D eigenvalue weighted by atomic mass is 35.5. The number of hydrogen-bond donors (Lipinski definition) is 2. The number of benzene rings is 3. The third kappa shape index (κ3) is 4.74. The van der Waals surface area contributed by atoms with E-state index in [0.717, 1.165) is 22.3 Å². The van der Waals surface area contributed by atoms with Crippen molar-refractivity contribution in [2.24, 2.45) is 0 Å². The first-order valence-corrected chi connectivity index (χ1v) is 11.6. The van der Waals surface area contributed by atoms with Crippen LogP contribution in [0.4, 0.5) is 5.69 Å². The number of fused-ring (bicyclic) bond motifs is 1. The van der Waals surface area contributed by atoms with E-state index in [9.17, 15) is 14.7 Å². The molecule has 1 atom stereocenters. The number of halogens is 1. The second-order valence-corrected chi connectivity index (χ2v) is 9.47. The SMILES string of the molecule is Cc1ccc(NC(=O)C(C)Sc2nc3ccccc3n2-c2ccc(C(=O)O)c(C)c2)c(Cl)c1. The summed E-state index contributed by atoms with van der Waals surface area (Å²) < 4.78 is 1.95.